The van der Waals surface area contributed by atoms with E-state index in [0.717, 1.165) is 12.1 Å². The summed E-state index contributed by atoms with van der Waals surface area (Å²) in [7, 11) is -3.78. The molecule has 24 heavy (non-hydrogen) atoms. The molecule has 1 fully saturated rings. The SMILES string of the molecule is CC(C)CNC(=O)C1CCN(S(=O)(=O)c2ccc(F)cc2Cl)CC1. The molecule has 1 heterocycles. The maximum absolute atomic E-state index is 13.1. The summed E-state index contributed by atoms with van der Waals surface area (Å²) in [6.45, 7) is 5.14. The van der Waals surface area contributed by atoms with E-state index in [1.165, 1.54) is 10.4 Å². The Kier molecular flexibility index (Phi) is 6.22. The molecule has 2 rings (SSSR count). The van der Waals surface area contributed by atoms with Crippen LogP contribution in [0.15, 0.2) is 23.1 Å². The average Bonchev–Trinajstić information content (AvgIpc) is 2.52. The molecule has 0 atom stereocenters. The van der Waals surface area contributed by atoms with Crippen molar-refractivity contribution in [3.05, 3.63) is 29.0 Å². The van der Waals surface area contributed by atoms with Crippen LogP contribution in [0.2, 0.25) is 5.02 Å². The van der Waals surface area contributed by atoms with E-state index < -0.39 is 15.8 Å². The van der Waals surface area contributed by atoms with Crippen LogP contribution in [-0.2, 0) is 14.8 Å². The van der Waals surface area contributed by atoms with Crippen LogP contribution in [0.4, 0.5) is 4.39 Å². The lowest BCUT2D eigenvalue weighted by molar-refractivity contribution is -0.126. The van der Waals surface area contributed by atoms with Gasteiger partial charge in [0.15, 0.2) is 0 Å². The summed E-state index contributed by atoms with van der Waals surface area (Å²) in [5, 5.41) is 2.75. The van der Waals surface area contributed by atoms with E-state index >= 15 is 0 Å². The Balaban J connectivity index is 2.02. The highest BCUT2D eigenvalue weighted by Gasteiger charge is 2.33. The van der Waals surface area contributed by atoms with Gasteiger partial charge >= 0.3 is 0 Å². The molecule has 0 saturated carbocycles. The fourth-order valence-corrected chi connectivity index (χ4v) is 4.61. The van der Waals surface area contributed by atoms with Gasteiger partial charge in [0.05, 0.1) is 5.02 Å². The predicted molar refractivity (Wildman–Crippen MR) is 90.7 cm³/mol. The molecule has 8 heteroatoms. The Hall–Kier alpha value is -1.18. The van der Waals surface area contributed by atoms with Crippen molar-refractivity contribution in [2.24, 2.45) is 11.8 Å². The number of hydrogen-bond acceptors (Lipinski definition) is 3. The van der Waals surface area contributed by atoms with Crippen molar-refractivity contribution in [2.75, 3.05) is 19.6 Å². The summed E-state index contributed by atoms with van der Waals surface area (Å²) in [6, 6.07) is 3.24. The van der Waals surface area contributed by atoms with E-state index in [1.807, 2.05) is 13.8 Å². The Morgan fingerprint density at radius 3 is 2.54 bits per heavy atom. The van der Waals surface area contributed by atoms with Crippen molar-refractivity contribution < 1.29 is 17.6 Å². The number of nitrogens with zero attached hydrogens (tertiary/aromatic N) is 1. The maximum atomic E-state index is 13.1. The van der Waals surface area contributed by atoms with Gasteiger partial charge in [0.25, 0.3) is 0 Å². The van der Waals surface area contributed by atoms with Crippen molar-refractivity contribution >= 4 is 27.5 Å². The minimum absolute atomic E-state index is 0.0273. The summed E-state index contributed by atoms with van der Waals surface area (Å²) in [4.78, 5) is 12.0. The molecular formula is C16H22ClFN2O3S. The number of hydrogen-bond donors (Lipinski definition) is 1. The predicted octanol–water partition coefficient (Wildman–Crippen LogP) is 2.65. The van der Waals surface area contributed by atoms with Crippen molar-refractivity contribution in [1.29, 1.82) is 0 Å². The molecule has 0 aliphatic carbocycles. The second-order valence-corrected chi connectivity index (χ2v) is 8.71. The first kappa shape index (κ1) is 19.1. The lowest BCUT2D eigenvalue weighted by Gasteiger charge is -2.30. The van der Waals surface area contributed by atoms with Gasteiger partial charge in [-0.2, -0.15) is 4.31 Å². The van der Waals surface area contributed by atoms with Crippen molar-refractivity contribution in [2.45, 2.75) is 31.6 Å². The zero-order chi connectivity index (χ0) is 17.9. The zero-order valence-electron chi connectivity index (χ0n) is 13.8. The van der Waals surface area contributed by atoms with Gasteiger partial charge in [-0.15, -0.1) is 0 Å². The van der Waals surface area contributed by atoms with Crippen LogP contribution in [0, 0.1) is 17.7 Å². The number of halogens is 2. The number of rotatable bonds is 5. The molecule has 0 bridgehead atoms. The number of carbonyl (C=O) groups is 1. The van der Waals surface area contributed by atoms with E-state index in [4.69, 9.17) is 11.6 Å². The molecule has 1 aliphatic rings. The maximum Gasteiger partial charge on any atom is 0.244 e. The monoisotopic (exact) mass is 376 g/mol. The van der Waals surface area contributed by atoms with E-state index in [-0.39, 0.29) is 34.8 Å². The molecule has 1 aromatic rings. The third-order valence-electron chi connectivity index (χ3n) is 4.02. The topological polar surface area (TPSA) is 66.5 Å². The van der Waals surface area contributed by atoms with E-state index in [9.17, 15) is 17.6 Å². The molecule has 0 aromatic heterocycles. The van der Waals surface area contributed by atoms with Crippen molar-refractivity contribution in [1.82, 2.24) is 9.62 Å². The number of benzene rings is 1. The van der Waals surface area contributed by atoms with E-state index in [2.05, 4.69) is 5.32 Å². The first-order valence-corrected chi connectivity index (χ1v) is 9.76. The van der Waals surface area contributed by atoms with Crippen LogP contribution < -0.4 is 5.32 Å². The minimum Gasteiger partial charge on any atom is -0.356 e. The van der Waals surface area contributed by atoms with Crippen LogP contribution in [0.1, 0.15) is 26.7 Å². The molecule has 0 spiro atoms. The van der Waals surface area contributed by atoms with Crippen LogP contribution in [-0.4, -0.2) is 38.3 Å². The molecule has 1 aromatic carbocycles. The van der Waals surface area contributed by atoms with E-state index in [0.29, 0.717) is 25.3 Å². The summed E-state index contributed by atoms with van der Waals surface area (Å²) in [5.41, 5.74) is 0. The fourth-order valence-electron chi connectivity index (χ4n) is 2.63. The Morgan fingerprint density at radius 2 is 2.00 bits per heavy atom. The minimum atomic E-state index is -3.78. The first-order chi connectivity index (χ1) is 11.2. The fraction of sp³-hybridized carbons (Fsp3) is 0.562. The van der Waals surface area contributed by atoms with Crippen LogP contribution in [0.25, 0.3) is 0 Å². The van der Waals surface area contributed by atoms with Gasteiger partial charge in [-0.05, 0) is 37.0 Å². The summed E-state index contributed by atoms with van der Waals surface area (Å²) >= 11 is 5.87. The standard InChI is InChI=1S/C16H22ClFN2O3S/c1-11(2)10-19-16(21)12-5-7-20(8-6-12)24(22,23)15-4-3-13(18)9-14(15)17/h3-4,9,11-12H,5-8,10H2,1-2H3,(H,19,21). The normalized spacial score (nSPS) is 17.2. The average molecular weight is 377 g/mol. The molecule has 1 saturated heterocycles. The molecular weight excluding hydrogens is 355 g/mol. The van der Waals surface area contributed by atoms with Gasteiger partial charge in [0, 0.05) is 25.6 Å². The van der Waals surface area contributed by atoms with Crippen molar-refractivity contribution in [3.63, 3.8) is 0 Å². The number of nitrogens with one attached hydrogen (secondary N) is 1. The molecule has 1 aliphatic heterocycles. The second-order valence-electron chi connectivity index (χ2n) is 6.39. The number of amides is 1. The summed E-state index contributed by atoms with van der Waals surface area (Å²) in [6.07, 6.45) is 0.921. The highest BCUT2D eigenvalue weighted by Crippen LogP contribution is 2.28. The highest BCUT2D eigenvalue weighted by atomic mass is 35.5. The lowest BCUT2D eigenvalue weighted by atomic mass is 9.97. The van der Waals surface area contributed by atoms with Crippen molar-refractivity contribution in [3.8, 4) is 0 Å². The third kappa shape index (κ3) is 4.46. The molecule has 1 amide bonds. The first-order valence-electron chi connectivity index (χ1n) is 7.94. The van der Waals surface area contributed by atoms with Gasteiger partial charge in [0.1, 0.15) is 10.7 Å². The van der Waals surface area contributed by atoms with Crippen LogP contribution >= 0.6 is 11.6 Å². The molecule has 5 nitrogen and oxygen atoms in total. The van der Waals surface area contributed by atoms with Gasteiger partial charge in [-0.1, -0.05) is 25.4 Å². The van der Waals surface area contributed by atoms with E-state index in [1.54, 1.807) is 0 Å². The van der Waals surface area contributed by atoms with Gasteiger partial charge < -0.3 is 5.32 Å². The molecule has 134 valence electrons. The molecule has 0 unspecified atom stereocenters. The number of carbonyl (C=O) groups excluding carboxylic acids is 1. The van der Waals surface area contributed by atoms with Gasteiger partial charge in [-0.3, -0.25) is 4.79 Å². The third-order valence-corrected chi connectivity index (χ3v) is 6.40. The summed E-state index contributed by atoms with van der Waals surface area (Å²) in [5.74, 6) is -0.422. The van der Waals surface area contributed by atoms with Gasteiger partial charge in [0.2, 0.25) is 15.9 Å². The molecule has 0 radical (unpaired) electrons. The Labute approximate surface area is 147 Å². The quantitative estimate of drug-likeness (QED) is 0.859. The smallest absolute Gasteiger partial charge is 0.244 e. The number of piperidine rings is 1. The van der Waals surface area contributed by atoms with Crippen LogP contribution in [0.3, 0.4) is 0 Å². The second kappa shape index (κ2) is 7.80. The van der Waals surface area contributed by atoms with Crippen LogP contribution in [0.5, 0.6) is 0 Å². The summed E-state index contributed by atoms with van der Waals surface area (Å²) < 4.78 is 39.7. The zero-order valence-corrected chi connectivity index (χ0v) is 15.3. The Bertz CT molecular complexity index is 701. The number of sulfonamides is 1. The largest absolute Gasteiger partial charge is 0.356 e. The lowest BCUT2D eigenvalue weighted by Crippen LogP contribution is -2.43. The van der Waals surface area contributed by atoms with Gasteiger partial charge in [-0.25, -0.2) is 12.8 Å². The Morgan fingerprint density at radius 1 is 1.38 bits per heavy atom. The highest BCUT2D eigenvalue weighted by molar-refractivity contribution is 7.89. The molecule has 1 N–H and O–H groups in total.